The molecule has 16 heavy (non-hydrogen) atoms. The Balaban J connectivity index is 2.07. The molecule has 0 aliphatic carbocycles. The summed E-state index contributed by atoms with van der Waals surface area (Å²) in [6, 6.07) is 4.90. The fraction of sp³-hybridized carbons (Fsp3) is 0.300. The van der Waals surface area contributed by atoms with E-state index >= 15 is 0 Å². The van der Waals surface area contributed by atoms with Crippen molar-refractivity contribution >= 4 is 5.69 Å². The maximum atomic E-state index is 13.4. The first-order chi connectivity index (χ1) is 7.65. The van der Waals surface area contributed by atoms with Crippen molar-refractivity contribution in [3.05, 3.63) is 35.4 Å². The van der Waals surface area contributed by atoms with Crippen molar-refractivity contribution in [1.82, 2.24) is 20.2 Å². The van der Waals surface area contributed by atoms with E-state index in [1.54, 1.807) is 19.2 Å². The normalized spacial score (nSPS) is 10.4. The first kappa shape index (κ1) is 10.5. The molecule has 6 heteroatoms. The molecule has 0 radical (unpaired) electrons. The second-order valence-corrected chi connectivity index (χ2v) is 3.53. The first-order valence-electron chi connectivity index (χ1n) is 4.88. The number of hydrogen-bond acceptors (Lipinski definition) is 4. The fourth-order valence-corrected chi connectivity index (χ4v) is 1.34. The van der Waals surface area contributed by atoms with Crippen LogP contribution in [0.2, 0.25) is 0 Å². The number of nitrogens with zero attached hydrogens (tertiary/aromatic N) is 4. The maximum absolute atomic E-state index is 13.4. The molecule has 0 aliphatic rings. The van der Waals surface area contributed by atoms with E-state index in [0.29, 0.717) is 18.1 Å². The molecule has 0 aliphatic heterocycles. The standard InChI is InChI=1S/C10H12FN5/c1-7-3-4-8(11)9(5-7)12-6-10-13-15-16(2)14-10/h3-5,12H,6H2,1-2H3. The molecule has 1 aromatic carbocycles. The Labute approximate surface area is 92.3 Å². The topological polar surface area (TPSA) is 55.6 Å². The van der Waals surface area contributed by atoms with E-state index in [-0.39, 0.29) is 5.82 Å². The molecule has 1 N–H and O–H groups in total. The number of aryl methyl sites for hydroxylation is 2. The van der Waals surface area contributed by atoms with Gasteiger partial charge in [-0.3, -0.25) is 0 Å². The molecule has 1 aromatic heterocycles. The van der Waals surface area contributed by atoms with E-state index in [0.717, 1.165) is 5.56 Å². The van der Waals surface area contributed by atoms with Crippen LogP contribution in [0.1, 0.15) is 11.4 Å². The second-order valence-electron chi connectivity index (χ2n) is 3.53. The molecule has 1 heterocycles. The highest BCUT2D eigenvalue weighted by molar-refractivity contribution is 5.46. The number of benzene rings is 1. The molecule has 0 bridgehead atoms. The van der Waals surface area contributed by atoms with E-state index in [2.05, 4.69) is 20.7 Å². The SMILES string of the molecule is Cc1ccc(F)c(NCc2nnn(C)n2)c1. The zero-order valence-corrected chi connectivity index (χ0v) is 9.11. The number of aromatic nitrogens is 4. The summed E-state index contributed by atoms with van der Waals surface area (Å²) >= 11 is 0. The molecule has 2 rings (SSSR count). The minimum atomic E-state index is -0.283. The van der Waals surface area contributed by atoms with Crippen molar-refractivity contribution < 1.29 is 4.39 Å². The van der Waals surface area contributed by atoms with Gasteiger partial charge in [0, 0.05) is 0 Å². The minimum absolute atomic E-state index is 0.283. The highest BCUT2D eigenvalue weighted by atomic mass is 19.1. The third-order valence-electron chi connectivity index (χ3n) is 2.11. The highest BCUT2D eigenvalue weighted by Gasteiger charge is 2.04. The van der Waals surface area contributed by atoms with Gasteiger partial charge in [0.25, 0.3) is 0 Å². The quantitative estimate of drug-likeness (QED) is 0.848. The average Bonchev–Trinajstić information content (AvgIpc) is 2.66. The number of tetrazole rings is 1. The Morgan fingerprint density at radius 3 is 2.94 bits per heavy atom. The molecular weight excluding hydrogens is 209 g/mol. The van der Waals surface area contributed by atoms with Gasteiger partial charge in [-0.2, -0.15) is 4.80 Å². The van der Waals surface area contributed by atoms with Crippen molar-refractivity contribution in [1.29, 1.82) is 0 Å². The summed E-state index contributed by atoms with van der Waals surface area (Å²) in [6.07, 6.45) is 0. The fourth-order valence-electron chi connectivity index (χ4n) is 1.34. The van der Waals surface area contributed by atoms with Crippen molar-refractivity contribution in [2.45, 2.75) is 13.5 Å². The Morgan fingerprint density at radius 1 is 1.44 bits per heavy atom. The van der Waals surface area contributed by atoms with E-state index < -0.39 is 0 Å². The second kappa shape index (κ2) is 4.26. The minimum Gasteiger partial charge on any atom is -0.375 e. The molecule has 5 nitrogen and oxygen atoms in total. The molecule has 0 spiro atoms. The lowest BCUT2D eigenvalue weighted by molar-refractivity contribution is 0.626. The summed E-state index contributed by atoms with van der Waals surface area (Å²) in [6.45, 7) is 2.26. The molecule has 0 fully saturated rings. The van der Waals surface area contributed by atoms with Crippen LogP contribution in [0.3, 0.4) is 0 Å². The monoisotopic (exact) mass is 221 g/mol. The van der Waals surface area contributed by atoms with Crippen molar-refractivity contribution in [3.8, 4) is 0 Å². The van der Waals surface area contributed by atoms with Gasteiger partial charge in [-0.05, 0) is 29.8 Å². The summed E-state index contributed by atoms with van der Waals surface area (Å²) < 4.78 is 13.4. The predicted molar refractivity (Wildman–Crippen MR) is 57.3 cm³/mol. The lowest BCUT2D eigenvalue weighted by Crippen LogP contribution is -2.04. The van der Waals surface area contributed by atoms with Gasteiger partial charge in [-0.1, -0.05) is 6.07 Å². The largest absolute Gasteiger partial charge is 0.375 e. The predicted octanol–water partition coefficient (Wildman–Crippen LogP) is 1.27. The number of rotatable bonds is 3. The lowest BCUT2D eigenvalue weighted by atomic mass is 10.2. The number of anilines is 1. The van der Waals surface area contributed by atoms with Crippen molar-refractivity contribution in [2.75, 3.05) is 5.32 Å². The summed E-state index contributed by atoms with van der Waals surface area (Å²) in [5.41, 5.74) is 1.45. The third kappa shape index (κ3) is 2.33. The molecule has 2 aromatic rings. The zero-order chi connectivity index (χ0) is 11.5. The Hall–Kier alpha value is -1.98. The van der Waals surface area contributed by atoms with Gasteiger partial charge >= 0.3 is 0 Å². The molecule has 0 saturated heterocycles. The Morgan fingerprint density at radius 2 is 2.25 bits per heavy atom. The molecule has 0 amide bonds. The van der Waals surface area contributed by atoms with E-state index in [9.17, 15) is 4.39 Å². The lowest BCUT2D eigenvalue weighted by Gasteiger charge is -2.05. The zero-order valence-electron chi connectivity index (χ0n) is 9.11. The number of hydrogen-bond donors (Lipinski definition) is 1. The van der Waals surface area contributed by atoms with Gasteiger partial charge < -0.3 is 5.32 Å². The summed E-state index contributed by atoms with van der Waals surface area (Å²) in [5, 5.41) is 14.4. The first-order valence-corrected chi connectivity index (χ1v) is 4.88. The summed E-state index contributed by atoms with van der Waals surface area (Å²) in [7, 11) is 1.68. The van der Waals surface area contributed by atoms with E-state index in [1.165, 1.54) is 10.9 Å². The van der Waals surface area contributed by atoms with Gasteiger partial charge in [-0.15, -0.1) is 10.2 Å². The van der Waals surface area contributed by atoms with Gasteiger partial charge in [0.05, 0.1) is 19.3 Å². The summed E-state index contributed by atoms with van der Waals surface area (Å²) in [5.74, 6) is 0.248. The molecule has 0 atom stereocenters. The van der Waals surface area contributed by atoms with Crippen LogP contribution in [0.5, 0.6) is 0 Å². The number of nitrogens with one attached hydrogen (secondary N) is 1. The third-order valence-corrected chi connectivity index (χ3v) is 2.11. The van der Waals surface area contributed by atoms with Crippen LogP contribution < -0.4 is 5.32 Å². The van der Waals surface area contributed by atoms with Crippen LogP contribution in [0.15, 0.2) is 18.2 Å². The van der Waals surface area contributed by atoms with Crippen LogP contribution >= 0.6 is 0 Å². The average molecular weight is 221 g/mol. The van der Waals surface area contributed by atoms with Crippen LogP contribution in [-0.2, 0) is 13.6 Å². The number of halogens is 1. The molecule has 0 unspecified atom stereocenters. The van der Waals surface area contributed by atoms with E-state index in [4.69, 9.17) is 0 Å². The van der Waals surface area contributed by atoms with Crippen LogP contribution in [0.4, 0.5) is 10.1 Å². The molecule has 84 valence electrons. The smallest absolute Gasteiger partial charge is 0.193 e. The van der Waals surface area contributed by atoms with Gasteiger partial charge in [0.2, 0.25) is 0 Å². The van der Waals surface area contributed by atoms with E-state index in [1.807, 2.05) is 6.92 Å². The Bertz CT molecular complexity index is 494. The Kier molecular flexibility index (Phi) is 2.80. The van der Waals surface area contributed by atoms with Crippen LogP contribution in [-0.4, -0.2) is 20.2 Å². The summed E-state index contributed by atoms with van der Waals surface area (Å²) in [4.78, 5) is 1.36. The van der Waals surface area contributed by atoms with Gasteiger partial charge in [0.15, 0.2) is 5.82 Å². The van der Waals surface area contributed by atoms with Crippen LogP contribution in [0.25, 0.3) is 0 Å². The highest BCUT2D eigenvalue weighted by Crippen LogP contribution is 2.15. The van der Waals surface area contributed by atoms with Crippen molar-refractivity contribution in [3.63, 3.8) is 0 Å². The molecule has 0 saturated carbocycles. The van der Waals surface area contributed by atoms with Crippen LogP contribution in [0, 0.1) is 12.7 Å². The maximum Gasteiger partial charge on any atom is 0.193 e. The van der Waals surface area contributed by atoms with Gasteiger partial charge in [0.1, 0.15) is 5.82 Å². The van der Waals surface area contributed by atoms with Crippen molar-refractivity contribution in [2.24, 2.45) is 7.05 Å². The van der Waals surface area contributed by atoms with Gasteiger partial charge in [-0.25, -0.2) is 4.39 Å². The molecular formula is C10H12FN5.